The van der Waals surface area contributed by atoms with Gasteiger partial charge in [-0.25, -0.2) is 9.18 Å². The summed E-state index contributed by atoms with van der Waals surface area (Å²) in [6.07, 6.45) is 8.36. The fourth-order valence-electron chi connectivity index (χ4n) is 3.37. The van der Waals surface area contributed by atoms with Gasteiger partial charge < -0.3 is 10.2 Å². The number of carbonyl (C=O) groups excluding carboxylic acids is 1. The lowest BCUT2D eigenvalue weighted by Crippen LogP contribution is -2.48. The summed E-state index contributed by atoms with van der Waals surface area (Å²) >= 11 is 0. The van der Waals surface area contributed by atoms with Crippen molar-refractivity contribution in [2.75, 3.05) is 11.9 Å². The molecule has 1 aromatic rings. The number of hydrogen-bond donors (Lipinski definition) is 1. The van der Waals surface area contributed by atoms with Gasteiger partial charge >= 0.3 is 6.03 Å². The third-order valence-corrected chi connectivity index (χ3v) is 4.27. The molecular weight excluding hydrogens is 245 g/mol. The SMILES string of the molecule is O=C(Nc1ccncc1F)N1CCCC2CCCC21. The van der Waals surface area contributed by atoms with E-state index in [1.807, 2.05) is 4.90 Å². The molecule has 0 spiro atoms. The lowest BCUT2D eigenvalue weighted by Gasteiger charge is -2.37. The Hall–Kier alpha value is -1.65. The van der Waals surface area contributed by atoms with Gasteiger partial charge in [-0.3, -0.25) is 4.98 Å². The molecule has 2 unspecified atom stereocenters. The zero-order valence-electron chi connectivity index (χ0n) is 10.8. The zero-order valence-corrected chi connectivity index (χ0v) is 10.8. The van der Waals surface area contributed by atoms with Crippen molar-refractivity contribution in [3.05, 3.63) is 24.3 Å². The van der Waals surface area contributed by atoms with E-state index in [2.05, 4.69) is 10.3 Å². The minimum absolute atomic E-state index is 0.179. The summed E-state index contributed by atoms with van der Waals surface area (Å²) in [5.41, 5.74) is 0.208. The highest BCUT2D eigenvalue weighted by atomic mass is 19.1. The minimum Gasteiger partial charge on any atom is -0.321 e. The Bertz CT molecular complexity index is 480. The number of urea groups is 1. The Morgan fingerprint density at radius 2 is 2.21 bits per heavy atom. The van der Waals surface area contributed by atoms with Crippen LogP contribution in [0.4, 0.5) is 14.9 Å². The summed E-state index contributed by atoms with van der Waals surface area (Å²) in [5.74, 6) is 0.151. The smallest absolute Gasteiger partial charge is 0.321 e. The molecule has 1 N–H and O–H groups in total. The summed E-state index contributed by atoms with van der Waals surface area (Å²) in [5, 5.41) is 2.66. The van der Waals surface area contributed by atoms with E-state index in [0.717, 1.165) is 25.6 Å². The molecule has 2 aliphatic rings. The number of carbonyl (C=O) groups is 1. The Kier molecular flexibility index (Phi) is 3.36. The standard InChI is InChI=1S/C14H18FN3O/c15-11-9-16-7-6-12(11)17-14(19)18-8-2-4-10-3-1-5-13(10)18/h6-7,9-10,13H,1-5,8H2,(H,16,17,19). The van der Waals surface area contributed by atoms with Crippen molar-refractivity contribution in [1.82, 2.24) is 9.88 Å². The van der Waals surface area contributed by atoms with Crippen LogP contribution in [0, 0.1) is 11.7 Å². The summed E-state index contributed by atoms with van der Waals surface area (Å²) in [6.45, 7) is 0.777. The second-order valence-electron chi connectivity index (χ2n) is 5.38. The molecule has 19 heavy (non-hydrogen) atoms. The first-order valence-corrected chi connectivity index (χ1v) is 6.93. The predicted octanol–water partition coefficient (Wildman–Crippen LogP) is 3.02. The van der Waals surface area contributed by atoms with Gasteiger partial charge in [0, 0.05) is 18.8 Å². The molecule has 2 fully saturated rings. The molecule has 1 aromatic heterocycles. The first-order valence-electron chi connectivity index (χ1n) is 6.93. The number of fused-ring (bicyclic) bond motifs is 1. The van der Waals surface area contributed by atoms with E-state index < -0.39 is 5.82 Å². The van der Waals surface area contributed by atoms with Crippen LogP contribution in [0.5, 0.6) is 0 Å². The van der Waals surface area contributed by atoms with Crippen LogP contribution < -0.4 is 5.32 Å². The highest BCUT2D eigenvalue weighted by Crippen LogP contribution is 2.36. The molecule has 4 nitrogen and oxygen atoms in total. The second-order valence-corrected chi connectivity index (χ2v) is 5.38. The highest BCUT2D eigenvalue weighted by molar-refractivity contribution is 5.89. The average molecular weight is 263 g/mol. The van der Waals surface area contributed by atoms with Gasteiger partial charge in [-0.05, 0) is 37.7 Å². The second kappa shape index (κ2) is 5.15. The van der Waals surface area contributed by atoms with Crippen molar-refractivity contribution >= 4 is 11.7 Å². The zero-order chi connectivity index (χ0) is 13.2. The first-order chi connectivity index (χ1) is 9.25. The Labute approximate surface area is 112 Å². The van der Waals surface area contributed by atoms with Gasteiger partial charge in [-0.15, -0.1) is 0 Å². The van der Waals surface area contributed by atoms with Crippen molar-refractivity contribution in [3.63, 3.8) is 0 Å². The summed E-state index contributed by atoms with van der Waals surface area (Å²) < 4.78 is 13.5. The molecule has 1 saturated carbocycles. The van der Waals surface area contributed by atoms with Gasteiger partial charge in [0.2, 0.25) is 0 Å². The first kappa shape index (κ1) is 12.4. The Morgan fingerprint density at radius 1 is 1.37 bits per heavy atom. The molecule has 0 bridgehead atoms. The van der Waals surface area contributed by atoms with E-state index in [-0.39, 0.29) is 11.7 Å². The summed E-state index contributed by atoms with van der Waals surface area (Å²) in [4.78, 5) is 17.9. The van der Waals surface area contributed by atoms with Crippen LogP contribution in [0.2, 0.25) is 0 Å². The van der Waals surface area contributed by atoms with Crippen LogP contribution in [-0.4, -0.2) is 28.5 Å². The molecule has 2 atom stereocenters. The molecule has 3 rings (SSSR count). The molecule has 1 aliphatic carbocycles. The molecule has 102 valence electrons. The van der Waals surface area contributed by atoms with Gasteiger partial charge in [0.1, 0.15) is 0 Å². The van der Waals surface area contributed by atoms with E-state index in [1.54, 1.807) is 0 Å². The highest BCUT2D eigenvalue weighted by Gasteiger charge is 2.37. The van der Waals surface area contributed by atoms with Gasteiger partial charge in [0.15, 0.2) is 5.82 Å². The fourth-order valence-corrected chi connectivity index (χ4v) is 3.37. The third kappa shape index (κ3) is 2.41. The lowest BCUT2D eigenvalue weighted by atomic mass is 9.92. The molecule has 0 radical (unpaired) electrons. The maximum atomic E-state index is 13.5. The number of anilines is 1. The Morgan fingerprint density at radius 3 is 3.05 bits per heavy atom. The molecule has 1 aliphatic heterocycles. The third-order valence-electron chi connectivity index (χ3n) is 4.27. The van der Waals surface area contributed by atoms with Crippen LogP contribution in [0.3, 0.4) is 0 Å². The van der Waals surface area contributed by atoms with Gasteiger partial charge in [-0.2, -0.15) is 0 Å². The average Bonchev–Trinajstić information content (AvgIpc) is 2.89. The largest absolute Gasteiger partial charge is 0.322 e. The van der Waals surface area contributed by atoms with Gasteiger partial charge in [0.25, 0.3) is 0 Å². The predicted molar refractivity (Wildman–Crippen MR) is 70.3 cm³/mol. The number of nitrogens with zero attached hydrogens (tertiary/aromatic N) is 2. The van der Waals surface area contributed by atoms with Crippen molar-refractivity contribution in [1.29, 1.82) is 0 Å². The van der Waals surface area contributed by atoms with Gasteiger partial charge in [-0.1, -0.05) is 6.42 Å². The van der Waals surface area contributed by atoms with Crippen LogP contribution >= 0.6 is 0 Å². The monoisotopic (exact) mass is 263 g/mol. The van der Waals surface area contributed by atoms with Crippen molar-refractivity contribution in [2.24, 2.45) is 5.92 Å². The van der Waals surface area contributed by atoms with Crippen LogP contribution in [-0.2, 0) is 0 Å². The number of halogens is 1. The molecule has 0 aromatic carbocycles. The topological polar surface area (TPSA) is 45.2 Å². The van der Waals surface area contributed by atoms with Crippen LogP contribution in [0.15, 0.2) is 18.5 Å². The maximum Gasteiger partial charge on any atom is 0.322 e. The molecule has 2 amide bonds. The maximum absolute atomic E-state index is 13.5. The quantitative estimate of drug-likeness (QED) is 0.846. The minimum atomic E-state index is -0.490. The molecule has 5 heteroatoms. The fraction of sp³-hybridized carbons (Fsp3) is 0.571. The van der Waals surface area contributed by atoms with Crippen LogP contribution in [0.25, 0.3) is 0 Å². The molecule has 2 heterocycles. The molecule has 1 saturated heterocycles. The Balaban J connectivity index is 1.71. The van der Waals surface area contributed by atoms with Gasteiger partial charge in [0.05, 0.1) is 11.9 Å². The van der Waals surface area contributed by atoms with Crippen molar-refractivity contribution < 1.29 is 9.18 Å². The number of rotatable bonds is 1. The summed E-state index contributed by atoms with van der Waals surface area (Å²) in [6, 6.07) is 1.66. The van der Waals surface area contributed by atoms with Crippen molar-refractivity contribution in [3.8, 4) is 0 Å². The summed E-state index contributed by atoms with van der Waals surface area (Å²) in [7, 11) is 0. The number of likely N-dealkylation sites (tertiary alicyclic amines) is 1. The number of hydrogen-bond acceptors (Lipinski definition) is 2. The number of piperidine rings is 1. The van der Waals surface area contributed by atoms with E-state index >= 15 is 0 Å². The van der Waals surface area contributed by atoms with Crippen molar-refractivity contribution in [2.45, 2.75) is 38.1 Å². The van der Waals surface area contributed by atoms with Crippen LogP contribution in [0.1, 0.15) is 32.1 Å². The normalized spacial score (nSPS) is 26.1. The number of amides is 2. The van der Waals surface area contributed by atoms with E-state index in [0.29, 0.717) is 12.0 Å². The molecular formula is C14H18FN3O. The number of aromatic nitrogens is 1. The van der Waals surface area contributed by atoms with E-state index in [1.165, 1.54) is 31.5 Å². The van der Waals surface area contributed by atoms with E-state index in [9.17, 15) is 9.18 Å². The number of pyridine rings is 1. The lowest BCUT2D eigenvalue weighted by molar-refractivity contribution is 0.138. The van der Waals surface area contributed by atoms with E-state index in [4.69, 9.17) is 0 Å². The number of nitrogens with one attached hydrogen (secondary N) is 1.